The summed E-state index contributed by atoms with van der Waals surface area (Å²) in [5, 5.41) is 5.41. The van der Waals surface area contributed by atoms with Crippen molar-refractivity contribution in [1.29, 1.82) is 0 Å². The summed E-state index contributed by atoms with van der Waals surface area (Å²) >= 11 is 0. The molecule has 0 saturated carbocycles. The number of rotatable bonds is 11. The number of ether oxygens (including phenoxy) is 2. The fraction of sp³-hybridized carbons (Fsp3) is 0.237. The quantitative estimate of drug-likeness (QED) is 0.188. The van der Waals surface area contributed by atoms with Crippen LogP contribution in [0.2, 0.25) is 0 Å². The first-order valence-electron chi connectivity index (χ1n) is 15.8. The molecule has 0 fully saturated rings. The van der Waals surface area contributed by atoms with Gasteiger partial charge in [-0.3, -0.25) is 4.79 Å². The Morgan fingerprint density at radius 1 is 0.750 bits per heavy atom. The third-order valence-electron chi connectivity index (χ3n) is 8.43. The Kier molecular flexibility index (Phi) is 9.45. The molecule has 0 aromatic heterocycles. The summed E-state index contributed by atoms with van der Waals surface area (Å²) < 4.78 is 37.2. The molecule has 48 heavy (non-hydrogen) atoms. The number of carbonyl (C=O) groups is 3. The highest BCUT2D eigenvalue weighted by molar-refractivity contribution is 7.95. The van der Waals surface area contributed by atoms with E-state index >= 15 is 0 Å². The molecule has 1 aliphatic heterocycles. The number of hydrogen-bond donors (Lipinski definition) is 2. The van der Waals surface area contributed by atoms with Crippen LogP contribution in [-0.4, -0.2) is 45.1 Å². The number of nitrogens with one attached hydrogen (secondary N) is 2. The maximum absolute atomic E-state index is 13.9. The van der Waals surface area contributed by atoms with Crippen molar-refractivity contribution >= 4 is 33.9 Å². The average Bonchev–Trinajstić information content (AvgIpc) is 3.53. The normalized spacial score (nSPS) is 15.4. The Labute approximate surface area is 279 Å². The zero-order valence-electron chi connectivity index (χ0n) is 26.6. The van der Waals surface area contributed by atoms with Crippen LogP contribution in [0.1, 0.15) is 48.6 Å². The van der Waals surface area contributed by atoms with E-state index in [2.05, 4.69) is 10.6 Å². The molecule has 0 saturated heterocycles. The fourth-order valence-electron chi connectivity index (χ4n) is 6.13. The highest BCUT2D eigenvalue weighted by Crippen LogP contribution is 2.45. The molecule has 246 valence electrons. The second-order valence-corrected chi connectivity index (χ2v) is 14.3. The molecular weight excluding hydrogens is 628 g/mol. The van der Waals surface area contributed by atoms with Gasteiger partial charge in [0.2, 0.25) is 15.7 Å². The first kappa shape index (κ1) is 32.7. The van der Waals surface area contributed by atoms with Crippen molar-refractivity contribution in [3.8, 4) is 11.1 Å². The topological polar surface area (TPSA) is 128 Å². The number of esters is 1. The molecule has 4 aromatic carbocycles. The molecule has 4 aromatic rings. The summed E-state index contributed by atoms with van der Waals surface area (Å²) in [5.41, 5.74) is 5.03. The number of fused-ring (bicyclic) bond motifs is 4. The lowest BCUT2D eigenvalue weighted by atomic mass is 10.0. The van der Waals surface area contributed by atoms with Crippen LogP contribution in [0.4, 0.5) is 4.79 Å². The van der Waals surface area contributed by atoms with Gasteiger partial charge in [0, 0.05) is 17.5 Å². The lowest BCUT2D eigenvalue weighted by molar-refractivity contribution is -0.151. The van der Waals surface area contributed by atoms with E-state index in [-0.39, 0.29) is 28.6 Å². The molecule has 0 spiro atoms. The van der Waals surface area contributed by atoms with E-state index < -0.39 is 52.6 Å². The van der Waals surface area contributed by atoms with Crippen LogP contribution in [0.15, 0.2) is 113 Å². The zero-order valence-corrected chi connectivity index (χ0v) is 27.4. The summed E-state index contributed by atoms with van der Waals surface area (Å²) in [5.74, 6) is -1.22. The highest BCUT2D eigenvalue weighted by atomic mass is 32.2. The summed E-state index contributed by atoms with van der Waals surface area (Å²) in [6, 6.07) is 29.2. The summed E-state index contributed by atoms with van der Waals surface area (Å²) in [4.78, 5) is 40.7. The van der Waals surface area contributed by atoms with E-state index in [4.69, 9.17) is 9.47 Å². The molecule has 1 aliphatic carbocycles. The van der Waals surface area contributed by atoms with Crippen molar-refractivity contribution in [2.24, 2.45) is 5.92 Å². The van der Waals surface area contributed by atoms with Crippen molar-refractivity contribution in [3.05, 3.63) is 130 Å². The monoisotopic (exact) mass is 664 g/mol. The molecular formula is C38H36N2O7S. The van der Waals surface area contributed by atoms with Crippen molar-refractivity contribution < 1.29 is 32.3 Å². The molecule has 0 radical (unpaired) electrons. The number of sulfone groups is 1. The predicted octanol–water partition coefficient (Wildman–Crippen LogP) is 6.00. The number of alkyl carbamates (subject to hydrolysis) is 1. The average molecular weight is 665 g/mol. The minimum atomic E-state index is -3.78. The molecule has 2 aliphatic rings. The molecule has 9 nitrogen and oxygen atoms in total. The van der Waals surface area contributed by atoms with E-state index in [1.165, 1.54) is 12.1 Å². The van der Waals surface area contributed by atoms with Gasteiger partial charge in [0.05, 0.1) is 9.80 Å². The Bertz CT molecular complexity index is 1940. The number of carbonyl (C=O) groups excluding carboxylic acids is 3. The van der Waals surface area contributed by atoms with Gasteiger partial charge in [0.15, 0.2) is 6.10 Å². The van der Waals surface area contributed by atoms with E-state index in [0.717, 1.165) is 27.8 Å². The number of amides is 2. The highest BCUT2D eigenvalue weighted by Gasteiger charge is 2.35. The van der Waals surface area contributed by atoms with Crippen LogP contribution < -0.4 is 10.6 Å². The Hall–Kier alpha value is -5.22. The standard InChI is InChI=1S/C38H36N2O7S/c1-24(2)20-32(40-38(43)46-23-27-22-26-14-6-11-19-34(26)48(27,44)45)36(41)39-33(21-25-12-4-3-5-13-25)37(42)47-35-30-17-9-7-15-28(30)29-16-8-10-18-31(29)35/h3-19,22,24,32-33,35H,20-21,23H2,1-2H3,(H,39,41)(H,40,43)/t32-,33-/m0/s1. The van der Waals surface area contributed by atoms with Gasteiger partial charge in [-0.15, -0.1) is 0 Å². The third-order valence-corrected chi connectivity index (χ3v) is 10.3. The summed E-state index contributed by atoms with van der Waals surface area (Å²) in [6.07, 6.45) is 0.268. The maximum Gasteiger partial charge on any atom is 0.408 e. The zero-order chi connectivity index (χ0) is 33.8. The largest absolute Gasteiger partial charge is 0.451 e. The molecule has 2 atom stereocenters. The van der Waals surface area contributed by atoms with Crippen molar-refractivity contribution in [2.75, 3.05) is 6.61 Å². The van der Waals surface area contributed by atoms with Gasteiger partial charge in [0.1, 0.15) is 18.7 Å². The molecule has 0 unspecified atom stereocenters. The van der Waals surface area contributed by atoms with Gasteiger partial charge in [-0.25, -0.2) is 18.0 Å². The summed E-state index contributed by atoms with van der Waals surface area (Å²) in [7, 11) is -3.78. The third kappa shape index (κ3) is 6.89. The lowest BCUT2D eigenvalue weighted by Crippen LogP contribution is -2.53. The molecule has 2 N–H and O–H groups in total. The van der Waals surface area contributed by atoms with Crippen LogP contribution in [0.25, 0.3) is 17.2 Å². The minimum Gasteiger partial charge on any atom is -0.451 e. The first-order valence-corrected chi connectivity index (χ1v) is 17.3. The Morgan fingerprint density at radius 2 is 1.35 bits per heavy atom. The summed E-state index contributed by atoms with van der Waals surface area (Å²) in [6.45, 7) is 3.29. The number of hydrogen-bond acceptors (Lipinski definition) is 7. The smallest absolute Gasteiger partial charge is 0.408 e. The van der Waals surface area contributed by atoms with Gasteiger partial charge in [-0.2, -0.15) is 0 Å². The lowest BCUT2D eigenvalue weighted by Gasteiger charge is -2.25. The van der Waals surface area contributed by atoms with Crippen LogP contribution in [0, 0.1) is 5.92 Å². The van der Waals surface area contributed by atoms with E-state index in [1.807, 2.05) is 92.7 Å². The van der Waals surface area contributed by atoms with Crippen molar-refractivity contribution in [1.82, 2.24) is 10.6 Å². The van der Waals surface area contributed by atoms with Crippen molar-refractivity contribution in [3.63, 3.8) is 0 Å². The predicted molar refractivity (Wildman–Crippen MR) is 181 cm³/mol. The van der Waals surface area contributed by atoms with E-state index in [1.54, 1.807) is 18.2 Å². The van der Waals surface area contributed by atoms with Crippen LogP contribution in [0.5, 0.6) is 0 Å². The Morgan fingerprint density at radius 3 is 2.00 bits per heavy atom. The first-order chi connectivity index (χ1) is 23.1. The number of benzene rings is 4. The molecule has 2 amide bonds. The minimum absolute atomic E-state index is 0.0144. The molecule has 0 bridgehead atoms. The fourth-order valence-corrected chi connectivity index (χ4v) is 7.60. The van der Waals surface area contributed by atoms with Crippen molar-refractivity contribution in [2.45, 2.75) is 49.8 Å². The van der Waals surface area contributed by atoms with Gasteiger partial charge >= 0.3 is 12.1 Å². The van der Waals surface area contributed by atoms with E-state index in [9.17, 15) is 22.8 Å². The van der Waals surface area contributed by atoms with Gasteiger partial charge < -0.3 is 20.1 Å². The van der Waals surface area contributed by atoms with Gasteiger partial charge in [-0.05, 0) is 46.7 Å². The molecule has 6 rings (SSSR count). The van der Waals surface area contributed by atoms with Gasteiger partial charge in [-0.1, -0.05) is 111 Å². The Balaban J connectivity index is 1.17. The second kappa shape index (κ2) is 13.9. The molecule has 1 heterocycles. The van der Waals surface area contributed by atoms with Gasteiger partial charge in [0.25, 0.3) is 0 Å². The van der Waals surface area contributed by atoms with E-state index in [0.29, 0.717) is 5.56 Å². The second-order valence-electron chi connectivity index (χ2n) is 12.3. The maximum atomic E-state index is 13.9. The van der Waals surface area contributed by atoms with Crippen LogP contribution in [-0.2, 0) is 35.3 Å². The molecule has 10 heteroatoms. The van der Waals surface area contributed by atoms with Crippen LogP contribution in [0.3, 0.4) is 0 Å². The SMILES string of the molecule is CC(C)C[C@H](NC(=O)OCC1=Cc2ccccc2S1(=O)=O)C(=O)N[C@@H](Cc1ccccc1)C(=O)OC1c2ccccc2-c2ccccc21. The van der Waals surface area contributed by atoms with Crippen LogP contribution >= 0.6 is 0 Å².